The molecule has 21 heavy (non-hydrogen) atoms. The number of rotatable bonds is 4. The number of nitrogens with zero attached hydrogens (tertiary/aromatic N) is 4. The molecular formula is C13H19N7O. The topological polar surface area (TPSA) is 101 Å². The van der Waals surface area contributed by atoms with Gasteiger partial charge in [-0.25, -0.2) is 15.8 Å². The average Bonchev–Trinajstić information content (AvgIpc) is 3.01. The van der Waals surface area contributed by atoms with Crippen LogP contribution in [0.2, 0.25) is 0 Å². The molecule has 0 aromatic carbocycles. The first kappa shape index (κ1) is 13.6. The SMILES string of the molecule is NNc1cn2ccnc2c(NCC(=O)N2CCCCC2)n1. The summed E-state index contributed by atoms with van der Waals surface area (Å²) < 4.78 is 1.80. The summed E-state index contributed by atoms with van der Waals surface area (Å²) in [6.45, 7) is 1.90. The number of carbonyl (C=O) groups is 1. The van der Waals surface area contributed by atoms with Gasteiger partial charge in [-0.3, -0.25) is 4.79 Å². The number of hydrogen-bond donors (Lipinski definition) is 3. The van der Waals surface area contributed by atoms with Crippen LogP contribution in [0, 0.1) is 0 Å². The van der Waals surface area contributed by atoms with E-state index in [4.69, 9.17) is 5.84 Å². The highest BCUT2D eigenvalue weighted by atomic mass is 16.2. The third-order valence-electron chi connectivity index (χ3n) is 3.64. The van der Waals surface area contributed by atoms with E-state index in [1.54, 1.807) is 23.0 Å². The largest absolute Gasteiger partial charge is 0.358 e. The minimum absolute atomic E-state index is 0.0901. The molecule has 0 aliphatic carbocycles. The fourth-order valence-electron chi connectivity index (χ4n) is 2.53. The van der Waals surface area contributed by atoms with Crippen LogP contribution >= 0.6 is 0 Å². The molecule has 2 aromatic rings. The van der Waals surface area contributed by atoms with E-state index in [0.717, 1.165) is 25.9 Å². The molecule has 1 saturated heterocycles. The third-order valence-corrected chi connectivity index (χ3v) is 3.64. The smallest absolute Gasteiger partial charge is 0.241 e. The lowest BCUT2D eigenvalue weighted by molar-refractivity contribution is -0.130. The van der Waals surface area contributed by atoms with E-state index in [0.29, 0.717) is 17.3 Å². The zero-order valence-corrected chi connectivity index (χ0v) is 11.7. The fraction of sp³-hybridized carbons (Fsp3) is 0.462. The van der Waals surface area contributed by atoms with Crippen molar-refractivity contribution in [1.29, 1.82) is 0 Å². The number of imidazole rings is 1. The van der Waals surface area contributed by atoms with Gasteiger partial charge in [0.1, 0.15) is 0 Å². The molecule has 0 radical (unpaired) electrons. The van der Waals surface area contributed by atoms with Crippen LogP contribution in [-0.2, 0) is 4.79 Å². The first-order valence-electron chi connectivity index (χ1n) is 7.10. The lowest BCUT2D eigenvalue weighted by Crippen LogP contribution is -2.39. The zero-order chi connectivity index (χ0) is 14.7. The molecule has 0 unspecified atom stereocenters. The summed E-state index contributed by atoms with van der Waals surface area (Å²) in [7, 11) is 0. The first-order valence-corrected chi connectivity index (χ1v) is 7.10. The van der Waals surface area contributed by atoms with Gasteiger partial charge in [0.15, 0.2) is 17.3 Å². The van der Waals surface area contributed by atoms with Crippen LogP contribution in [0.25, 0.3) is 5.65 Å². The maximum absolute atomic E-state index is 12.2. The minimum atomic E-state index is 0.0901. The molecule has 1 amide bonds. The second-order valence-electron chi connectivity index (χ2n) is 5.07. The Labute approximate surface area is 122 Å². The number of hydrogen-bond acceptors (Lipinski definition) is 6. The number of nitrogens with two attached hydrogens (primary N) is 1. The number of anilines is 2. The summed E-state index contributed by atoms with van der Waals surface area (Å²) in [5.41, 5.74) is 3.17. The number of amides is 1. The van der Waals surface area contributed by atoms with Gasteiger partial charge in [0.2, 0.25) is 5.91 Å². The monoisotopic (exact) mass is 289 g/mol. The van der Waals surface area contributed by atoms with Crippen LogP contribution in [0.1, 0.15) is 19.3 Å². The second-order valence-corrected chi connectivity index (χ2v) is 5.07. The highest BCUT2D eigenvalue weighted by Crippen LogP contribution is 2.16. The Hall–Kier alpha value is -2.35. The van der Waals surface area contributed by atoms with Crippen LogP contribution in [0.3, 0.4) is 0 Å². The summed E-state index contributed by atoms with van der Waals surface area (Å²) in [6, 6.07) is 0. The van der Waals surface area contributed by atoms with Gasteiger partial charge in [-0.1, -0.05) is 0 Å². The normalized spacial score (nSPS) is 15.2. The van der Waals surface area contributed by atoms with Crippen molar-refractivity contribution in [2.75, 3.05) is 30.4 Å². The predicted octanol–water partition coefficient (Wildman–Crippen LogP) is 0.439. The number of nitrogens with one attached hydrogen (secondary N) is 2. The lowest BCUT2D eigenvalue weighted by Gasteiger charge is -2.26. The minimum Gasteiger partial charge on any atom is -0.358 e. The Balaban J connectivity index is 1.72. The summed E-state index contributed by atoms with van der Waals surface area (Å²) in [4.78, 5) is 22.6. The molecule has 3 heterocycles. The number of fused-ring (bicyclic) bond motifs is 1. The number of piperidine rings is 1. The molecule has 0 bridgehead atoms. The molecule has 0 spiro atoms. The van der Waals surface area contributed by atoms with Crippen molar-refractivity contribution >= 4 is 23.2 Å². The van der Waals surface area contributed by atoms with E-state index in [2.05, 4.69) is 20.7 Å². The molecule has 4 N–H and O–H groups in total. The predicted molar refractivity (Wildman–Crippen MR) is 79.7 cm³/mol. The Morgan fingerprint density at radius 2 is 2.14 bits per heavy atom. The Kier molecular flexibility index (Phi) is 3.87. The van der Waals surface area contributed by atoms with Gasteiger partial charge < -0.3 is 20.0 Å². The molecule has 1 aliphatic heterocycles. The van der Waals surface area contributed by atoms with Gasteiger partial charge in [0.25, 0.3) is 0 Å². The summed E-state index contributed by atoms with van der Waals surface area (Å²) in [5, 5.41) is 3.06. The molecule has 1 fully saturated rings. The van der Waals surface area contributed by atoms with E-state index in [1.807, 2.05) is 4.90 Å². The van der Waals surface area contributed by atoms with E-state index in [1.165, 1.54) is 6.42 Å². The highest BCUT2D eigenvalue weighted by molar-refractivity contribution is 5.82. The van der Waals surface area contributed by atoms with Crippen molar-refractivity contribution in [1.82, 2.24) is 19.3 Å². The Morgan fingerprint density at radius 1 is 1.33 bits per heavy atom. The van der Waals surface area contributed by atoms with E-state index < -0.39 is 0 Å². The van der Waals surface area contributed by atoms with Crippen LogP contribution in [0.5, 0.6) is 0 Å². The first-order chi connectivity index (χ1) is 10.3. The molecule has 8 heteroatoms. The van der Waals surface area contributed by atoms with E-state index in [9.17, 15) is 4.79 Å². The number of carbonyl (C=O) groups excluding carboxylic acids is 1. The zero-order valence-electron chi connectivity index (χ0n) is 11.7. The average molecular weight is 289 g/mol. The van der Waals surface area contributed by atoms with Gasteiger partial charge in [0.05, 0.1) is 12.7 Å². The number of aromatic nitrogens is 3. The number of nitrogen functional groups attached to an aromatic ring is 1. The summed E-state index contributed by atoms with van der Waals surface area (Å²) in [6.07, 6.45) is 8.59. The molecule has 3 rings (SSSR count). The Morgan fingerprint density at radius 3 is 2.90 bits per heavy atom. The van der Waals surface area contributed by atoms with Crippen LogP contribution in [0.4, 0.5) is 11.6 Å². The Bertz CT molecular complexity index is 632. The second kappa shape index (κ2) is 5.96. The van der Waals surface area contributed by atoms with Crippen LogP contribution in [-0.4, -0.2) is 44.8 Å². The van der Waals surface area contributed by atoms with Gasteiger partial charge in [-0.15, -0.1) is 0 Å². The fourth-order valence-corrected chi connectivity index (χ4v) is 2.53. The molecule has 0 saturated carbocycles. The maximum Gasteiger partial charge on any atom is 0.241 e. The van der Waals surface area contributed by atoms with Crippen LogP contribution in [0.15, 0.2) is 18.6 Å². The number of likely N-dealkylation sites (tertiary alicyclic amines) is 1. The maximum atomic E-state index is 12.2. The van der Waals surface area contributed by atoms with Gasteiger partial charge >= 0.3 is 0 Å². The third kappa shape index (κ3) is 2.89. The van der Waals surface area contributed by atoms with Crippen molar-refractivity contribution in [2.45, 2.75) is 19.3 Å². The number of hydrazine groups is 1. The van der Waals surface area contributed by atoms with Crippen molar-refractivity contribution < 1.29 is 4.79 Å². The van der Waals surface area contributed by atoms with Gasteiger partial charge in [-0.2, -0.15) is 0 Å². The van der Waals surface area contributed by atoms with E-state index in [-0.39, 0.29) is 12.5 Å². The quantitative estimate of drug-likeness (QED) is 0.558. The molecule has 2 aromatic heterocycles. The summed E-state index contributed by atoms with van der Waals surface area (Å²) >= 11 is 0. The molecular weight excluding hydrogens is 270 g/mol. The van der Waals surface area contributed by atoms with Crippen molar-refractivity contribution in [3.05, 3.63) is 18.6 Å². The van der Waals surface area contributed by atoms with Gasteiger partial charge in [-0.05, 0) is 19.3 Å². The highest BCUT2D eigenvalue weighted by Gasteiger charge is 2.17. The summed E-state index contributed by atoms with van der Waals surface area (Å²) in [5.74, 6) is 6.54. The standard InChI is InChI=1S/C13H19N7O/c14-18-10-9-20-7-4-15-13(20)12(17-10)16-8-11(21)19-5-2-1-3-6-19/h4,7,9,18H,1-3,5-6,8,14H2,(H,16,17). The van der Waals surface area contributed by atoms with Crippen LogP contribution < -0.4 is 16.6 Å². The lowest BCUT2D eigenvalue weighted by atomic mass is 10.1. The van der Waals surface area contributed by atoms with Crippen molar-refractivity contribution in [2.24, 2.45) is 5.84 Å². The molecule has 112 valence electrons. The molecule has 1 aliphatic rings. The molecule has 8 nitrogen and oxygen atoms in total. The molecule has 0 atom stereocenters. The van der Waals surface area contributed by atoms with Crippen molar-refractivity contribution in [3.63, 3.8) is 0 Å². The van der Waals surface area contributed by atoms with E-state index >= 15 is 0 Å². The van der Waals surface area contributed by atoms with Gasteiger partial charge in [0, 0.05) is 25.5 Å². The van der Waals surface area contributed by atoms with Crippen molar-refractivity contribution in [3.8, 4) is 0 Å².